The first-order chi connectivity index (χ1) is 8.06. The molecular weight excluding hydrogens is 216 g/mol. The molecule has 1 amide bonds. The first-order valence-corrected chi connectivity index (χ1v) is 5.22. The molecule has 0 spiro atoms. The second-order valence-electron chi connectivity index (χ2n) is 3.91. The molecule has 0 bridgehead atoms. The summed E-state index contributed by atoms with van der Waals surface area (Å²) in [6.07, 6.45) is 3.32. The summed E-state index contributed by atoms with van der Waals surface area (Å²) in [4.78, 5) is 16.0. The average molecular weight is 230 g/mol. The summed E-state index contributed by atoms with van der Waals surface area (Å²) >= 11 is 0. The van der Waals surface area contributed by atoms with Crippen molar-refractivity contribution < 1.29 is 4.79 Å². The van der Waals surface area contributed by atoms with E-state index in [-0.39, 0.29) is 5.91 Å². The van der Waals surface area contributed by atoms with Crippen molar-refractivity contribution in [2.24, 2.45) is 7.05 Å². The Balaban J connectivity index is 2.17. The van der Waals surface area contributed by atoms with Gasteiger partial charge in [-0.1, -0.05) is 0 Å². The normalized spacial score (nSPS) is 10.2. The van der Waals surface area contributed by atoms with Crippen LogP contribution >= 0.6 is 0 Å². The fraction of sp³-hybridized carbons (Fsp3) is 0.167. The quantitative estimate of drug-likeness (QED) is 0.822. The van der Waals surface area contributed by atoms with Gasteiger partial charge in [-0.05, 0) is 25.1 Å². The molecule has 88 valence electrons. The van der Waals surface area contributed by atoms with E-state index >= 15 is 0 Å². The second-order valence-corrected chi connectivity index (χ2v) is 3.91. The van der Waals surface area contributed by atoms with Crippen molar-refractivity contribution in [2.75, 3.05) is 11.1 Å². The molecule has 2 rings (SSSR count). The number of carbonyl (C=O) groups is 1. The first-order valence-electron chi connectivity index (χ1n) is 5.22. The lowest BCUT2D eigenvalue weighted by Crippen LogP contribution is -2.15. The summed E-state index contributed by atoms with van der Waals surface area (Å²) in [6, 6.07) is 5.29. The summed E-state index contributed by atoms with van der Waals surface area (Å²) in [5.41, 5.74) is 8.28. The summed E-state index contributed by atoms with van der Waals surface area (Å²) in [5, 5.41) is 2.76. The summed E-state index contributed by atoms with van der Waals surface area (Å²) in [5.74, 6) is -0.199. The van der Waals surface area contributed by atoms with Crippen LogP contribution in [0.4, 0.5) is 11.4 Å². The third-order valence-corrected chi connectivity index (χ3v) is 2.43. The van der Waals surface area contributed by atoms with E-state index in [4.69, 9.17) is 5.73 Å². The molecule has 2 heterocycles. The lowest BCUT2D eigenvalue weighted by Gasteiger charge is -2.05. The monoisotopic (exact) mass is 230 g/mol. The number of hydrogen-bond donors (Lipinski definition) is 2. The smallest absolute Gasteiger partial charge is 0.272 e. The minimum atomic E-state index is -0.199. The van der Waals surface area contributed by atoms with Gasteiger partial charge in [-0.3, -0.25) is 9.78 Å². The molecule has 0 aromatic carbocycles. The number of rotatable bonds is 2. The van der Waals surface area contributed by atoms with Gasteiger partial charge in [0.05, 0.1) is 17.6 Å². The fourth-order valence-corrected chi connectivity index (χ4v) is 1.55. The Kier molecular flexibility index (Phi) is 2.82. The molecule has 17 heavy (non-hydrogen) atoms. The summed E-state index contributed by atoms with van der Waals surface area (Å²) < 4.78 is 1.69. The largest absolute Gasteiger partial charge is 0.397 e. The van der Waals surface area contributed by atoms with Crippen molar-refractivity contribution in [3.63, 3.8) is 0 Å². The molecule has 2 aromatic heterocycles. The zero-order chi connectivity index (χ0) is 12.4. The number of nitrogens with one attached hydrogen (secondary N) is 1. The third kappa shape index (κ3) is 2.44. The zero-order valence-corrected chi connectivity index (χ0v) is 9.77. The molecule has 5 nitrogen and oxygen atoms in total. The van der Waals surface area contributed by atoms with Crippen LogP contribution in [-0.4, -0.2) is 15.5 Å². The van der Waals surface area contributed by atoms with Gasteiger partial charge >= 0.3 is 0 Å². The number of carbonyl (C=O) groups excluding carboxylic acids is 1. The molecule has 0 fully saturated rings. The standard InChI is InChI=1S/C12H14N4O/c1-8-3-4-10(6-14-8)15-12(17)11-5-9(13)7-16(11)2/h3-7H,13H2,1-2H3,(H,15,17). The Bertz CT molecular complexity index is 542. The fourth-order valence-electron chi connectivity index (χ4n) is 1.55. The number of nitrogen functional groups attached to an aromatic ring is 1. The number of nitrogens with zero attached hydrogens (tertiary/aromatic N) is 2. The molecule has 0 aliphatic heterocycles. The van der Waals surface area contributed by atoms with Crippen molar-refractivity contribution in [2.45, 2.75) is 6.92 Å². The van der Waals surface area contributed by atoms with Crippen molar-refractivity contribution in [1.82, 2.24) is 9.55 Å². The number of aryl methyl sites for hydroxylation is 2. The van der Waals surface area contributed by atoms with Gasteiger partial charge in [-0.2, -0.15) is 0 Å². The van der Waals surface area contributed by atoms with Gasteiger partial charge in [-0.15, -0.1) is 0 Å². The molecule has 2 aromatic rings. The topological polar surface area (TPSA) is 72.9 Å². The highest BCUT2D eigenvalue weighted by atomic mass is 16.1. The van der Waals surface area contributed by atoms with E-state index in [1.165, 1.54) is 0 Å². The number of amides is 1. The van der Waals surface area contributed by atoms with E-state index in [9.17, 15) is 4.79 Å². The molecule has 0 unspecified atom stereocenters. The van der Waals surface area contributed by atoms with E-state index in [1.54, 1.807) is 30.1 Å². The molecule has 0 aliphatic rings. The van der Waals surface area contributed by atoms with Gasteiger partial charge in [0.25, 0.3) is 5.91 Å². The molecule has 0 radical (unpaired) electrons. The average Bonchev–Trinajstić information content (AvgIpc) is 2.61. The molecule has 3 N–H and O–H groups in total. The number of pyridine rings is 1. The Morgan fingerprint density at radius 1 is 1.47 bits per heavy atom. The number of anilines is 2. The predicted octanol–water partition coefficient (Wildman–Crippen LogP) is 1.56. The Labute approximate surface area is 99.3 Å². The van der Waals surface area contributed by atoms with Crippen molar-refractivity contribution in [3.8, 4) is 0 Å². The molecule has 0 atom stereocenters. The molecule has 0 saturated carbocycles. The van der Waals surface area contributed by atoms with Crippen LogP contribution in [0.3, 0.4) is 0 Å². The lowest BCUT2D eigenvalue weighted by atomic mass is 10.3. The highest BCUT2D eigenvalue weighted by molar-refractivity contribution is 6.03. The Morgan fingerprint density at radius 2 is 2.24 bits per heavy atom. The van der Waals surface area contributed by atoms with Crippen LogP contribution in [-0.2, 0) is 7.05 Å². The maximum atomic E-state index is 11.9. The highest BCUT2D eigenvalue weighted by Crippen LogP contribution is 2.12. The van der Waals surface area contributed by atoms with Crippen LogP contribution in [0.15, 0.2) is 30.6 Å². The van der Waals surface area contributed by atoms with E-state index in [0.717, 1.165) is 5.69 Å². The van der Waals surface area contributed by atoms with Crippen molar-refractivity contribution in [1.29, 1.82) is 0 Å². The summed E-state index contributed by atoms with van der Waals surface area (Å²) in [7, 11) is 1.78. The van der Waals surface area contributed by atoms with Crippen LogP contribution in [0.2, 0.25) is 0 Å². The molecule has 0 aliphatic carbocycles. The number of hydrogen-bond acceptors (Lipinski definition) is 3. The summed E-state index contributed by atoms with van der Waals surface area (Å²) in [6.45, 7) is 1.89. The van der Waals surface area contributed by atoms with Gasteiger partial charge in [-0.25, -0.2) is 0 Å². The van der Waals surface area contributed by atoms with Crippen LogP contribution in [0, 0.1) is 6.92 Å². The Hall–Kier alpha value is -2.30. The minimum absolute atomic E-state index is 0.199. The van der Waals surface area contributed by atoms with E-state index in [2.05, 4.69) is 10.3 Å². The van der Waals surface area contributed by atoms with Gasteiger partial charge < -0.3 is 15.6 Å². The maximum Gasteiger partial charge on any atom is 0.272 e. The van der Waals surface area contributed by atoms with Gasteiger partial charge in [0.2, 0.25) is 0 Å². The van der Waals surface area contributed by atoms with Crippen molar-refractivity contribution >= 4 is 17.3 Å². The second kappa shape index (κ2) is 4.29. The third-order valence-electron chi connectivity index (χ3n) is 2.43. The van der Waals surface area contributed by atoms with Crippen LogP contribution in [0.1, 0.15) is 16.2 Å². The highest BCUT2D eigenvalue weighted by Gasteiger charge is 2.10. The van der Waals surface area contributed by atoms with Gasteiger partial charge in [0.15, 0.2) is 0 Å². The van der Waals surface area contributed by atoms with Gasteiger partial charge in [0, 0.05) is 18.9 Å². The zero-order valence-electron chi connectivity index (χ0n) is 9.77. The van der Waals surface area contributed by atoms with Crippen LogP contribution in [0.25, 0.3) is 0 Å². The molecule has 5 heteroatoms. The molecule has 0 saturated heterocycles. The maximum absolute atomic E-state index is 11.9. The Morgan fingerprint density at radius 3 is 2.76 bits per heavy atom. The number of nitrogens with two attached hydrogens (primary N) is 1. The SMILES string of the molecule is Cc1ccc(NC(=O)c2cc(N)cn2C)cn1. The van der Waals surface area contributed by atoms with Crippen molar-refractivity contribution in [3.05, 3.63) is 42.0 Å². The van der Waals surface area contributed by atoms with E-state index < -0.39 is 0 Å². The van der Waals surface area contributed by atoms with Gasteiger partial charge in [0.1, 0.15) is 5.69 Å². The molecular formula is C12H14N4O. The first kappa shape index (κ1) is 11.2. The van der Waals surface area contributed by atoms with E-state index in [0.29, 0.717) is 17.1 Å². The van der Waals surface area contributed by atoms with Crippen LogP contribution in [0.5, 0.6) is 0 Å². The minimum Gasteiger partial charge on any atom is -0.397 e. The predicted molar refractivity (Wildman–Crippen MR) is 66.8 cm³/mol. The lowest BCUT2D eigenvalue weighted by molar-refractivity contribution is 0.101. The number of aromatic nitrogens is 2. The van der Waals surface area contributed by atoms with Crippen LogP contribution < -0.4 is 11.1 Å². The van der Waals surface area contributed by atoms with E-state index in [1.807, 2.05) is 19.1 Å².